The third-order valence-corrected chi connectivity index (χ3v) is 4.09. The Morgan fingerprint density at radius 3 is 2.56 bits per heavy atom. The Morgan fingerprint density at radius 1 is 1.28 bits per heavy atom. The zero-order valence-corrected chi connectivity index (χ0v) is 10.7. The van der Waals surface area contributed by atoms with Crippen molar-refractivity contribution in [3.63, 3.8) is 0 Å². The molecule has 1 unspecified atom stereocenters. The highest BCUT2D eigenvalue weighted by molar-refractivity contribution is 7.15. The van der Waals surface area contributed by atoms with Crippen molar-refractivity contribution in [1.82, 2.24) is 0 Å². The van der Waals surface area contributed by atoms with Gasteiger partial charge in [0.25, 0.3) is 0 Å². The van der Waals surface area contributed by atoms with E-state index in [4.69, 9.17) is 5.11 Å². The molecule has 0 fully saturated rings. The number of rotatable bonds is 4. The zero-order chi connectivity index (χ0) is 13.1. The summed E-state index contributed by atoms with van der Waals surface area (Å²) in [4.78, 5) is 12.7. The molecular weight excluding hydrogens is 251 g/mol. The molecule has 2 aromatic rings. The summed E-state index contributed by atoms with van der Waals surface area (Å²) in [5.41, 5.74) is 0.954. The van der Waals surface area contributed by atoms with E-state index in [0.717, 1.165) is 15.3 Å². The average Bonchev–Trinajstić information content (AvgIpc) is 2.78. The van der Waals surface area contributed by atoms with Crippen molar-refractivity contribution in [2.75, 3.05) is 0 Å². The fourth-order valence-corrected chi connectivity index (χ4v) is 2.81. The molecule has 0 saturated carbocycles. The second-order valence-electron chi connectivity index (χ2n) is 4.21. The first-order valence-electron chi connectivity index (χ1n) is 5.63. The van der Waals surface area contributed by atoms with Crippen LogP contribution in [0.15, 0.2) is 36.4 Å². The standard InChI is InChI=1S/C14H13FO2S/c1-9(8-14(16)17)12-6-7-13(18-12)10-2-4-11(15)5-3-10/h2-7,9H,8H2,1H3,(H,16,17). The molecule has 18 heavy (non-hydrogen) atoms. The Morgan fingerprint density at radius 2 is 1.94 bits per heavy atom. The molecule has 4 heteroatoms. The first kappa shape index (κ1) is 12.8. The fourth-order valence-electron chi connectivity index (χ4n) is 1.75. The molecule has 94 valence electrons. The van der Waals surface area contributed by atoms with Crippen molar-refractivity contribution >= 4 is 17.3 Å². The molecule has 2 rings (SSSR count). The van der Waals surface area contributed by atoms with E-state index in [1.807, 2.05) is 19.1 Å². The number of benzene rings is 1. The molecule has 1 atom stereocenters. The lowest BCUT2D eigenvalue weighted by molar-refractivity contribution is -0.137. The largest absolute Gasteiger partial charge is 0.481 e. The third-order valence-electron chi connectivity index (χ3n) is 2.72. The normalized spacial score (nSPS) is 12.3. The van der Waals surface area contributed by atoms with Crippen LogP contribution in [0.1, 0.15) is 24.1 Å². The number of aliphatic carboxylic acids is 1. The van der Waals surface area contributed by atoms with Crippen LogP contribution in [0.4, 0.5) is 4.39 Å². The van der Waals surface area contributed by atoms with Gasteiger partial charge in [0.1, 0.15) is 5.82 Å². The molecular formula is C14H13FO2S. The van der Waals surface area contributed by atoms with Crippen molar-refractivity contribution < 1.29 is 14.3 Å². The lowest BCUT2D eigenvalue weighted by atomic mass is 10.1. The Bertz CT molecular complexity index is 545. The summed E-state index contributed by atoms with van der Waals surface area (Å²) in [6.07, 6.45) is 0.128. The van der Waals surface area contributed by atoms with Gasteiger partial charge in [0.15, 0.2) is 0 Å². The number of carboxylic acid groups (broad SMARTS) is 1. The second-order valence-corrected chi connectivity index (χ2v) is 5.32. The molecule has 1 aromatic heterocycles. The highest BCUT2D eigenvalue weighted by atomic mass is 32.1. The highest BCUT2D eigenvalue weighted by Crippen LogP contribution is 2.33. The number of hydrogen-bond acceptors (Lipinski definition) is 2. The van der Waals surface area contributed by atoms with Crippen molar-refractivity contribution in [3.05, 3.63) is 47.1 Å². The number of halogens is 1. The molecule has 1 aromatic carbocycles. The maximum Gasteiger partial charge on any atom is 0.303 e. The van der Waals surface area contributed by atoms with Crippen LogP contribution in [0.5, 0.6) is 0 Å². The first-order chi connectivity index (χ1) is 8.56. The molecule has 0 bridgehead atoms. The Balaban J connectivity index is 2.19. The van der Waals surface area contributed by atoms with E-state index in [-0.39, 0.29) is 18.2 Å². The summed E-state index contributed by atoms with van der Waals surface area (Å²) in [5.74, 6) is -1.05. The highest BCUT2D eigenvalue weighted by Gasteiger charge is 2.13. The van der Waals surface area contributed by atoms with E-state index in [0.29, 0.717) is 0 Å². The van der Waals surface area contributed by atoms with Gasteiger partial charge in [-0.2, -0.15) is 0 Å². The minimum atomic E-state index is -0.792. The van der Waals surface area contributed by atoms with Crippen molar-refractivity contribution in [2.45, 2.75) is 19.3 Å². The van der Waals surface area contributed by atoms with Gasteiger partial charge < -0.3 is 5.11 Å². The lowest BCUT2D eigenvalue weighted by Crippen LogP contribution is -2.00. The molecule has 1 N–H and O–H groups in total. The van der Waals surface area contributed by atoms with E-state index < -0.39 is 5.97 Å². The SMILES string of the molecule is CC(CC(=O)O)c1ccc(-c2ccc(F)cc2)s1. The summed E-state index contributed by atoms with van der Waals surface area (Å²) in [7, 11) is 0. The smallest absolute Gasteiger partial charge is 0.303 e. The van der Waals surface area contributed by atoms with Gasteiger partial charge in [0.2, 0.25) is 0 Å². The van der Waals surface area contributed by atoms with Crippen LogP contribution >= 0.6 is 11.3 Å². The Kier molecular flexibility index (Phi) is 3.77. The Labute approximate surface area is 109 Å². The lowest BCUT2D eigenvalue weighted by Gasteiger charge is -2.04. The first-order valence-corrected chi connectivity index (χ1v) is 6.45. The molecule has 0 saturated heterocycles. The minimum absolute atomic E-state index is 0.00157. The summed E-state index contributed by atoms with van der Waals surface area (Å²) in [6, 6.07) is 10.2. The summed E-state index contributed by atoms with van der Waals surface area (Å²) < 4.78 is 12.8. The molecule has 0 spiro atoms. The quantitative estimate of drug-likeness (QED) is 0.901. The Hall–Kier alpha value is -1.68. The van der Waals surface area contributed by atoms with Crippen LogP contribution in [0.3, 0.4) is 0 Å². The van der Waals surface area contributed by atoms with Crippen LogP contribution in [0.25, 0.3) is 10.4 Å². The topological polar surface area (TPSA) is 37.3 Å². The van der Waals surface area contributed by atoms with Gasteiger partial charge in [0.05, 0.1) is 6.42 Å². The molecule has 1 heterocycles. The van der Waals surface area contributed by atoms with Crippen LogP contribution in [-0.4, -0.2) is 11.1 Å². The van der Waals surface area contributed by atoms with Gasteiger partial charge in [-0.15, -0.1) is 11.3 Å². The van der Waals surface area contributed by atoms with Gasteiger partial charge >= 0.3 is 5.97 Å². The molecule has 0 radical (unpaired) electrons. The van der Waals surface area contributed by atoms with Crippen molar-refractivity contribution in [3.8, 4) is 10.4 Å². The van der Waals surface area contributed by atoms with E-state index in [1.165, 1.54) is 12.1 Å². The second kappa shape index (κ2) is 5.31. The third kappa shape index (κ3) is 2.96. The monoisotopic (exact) mass is 264 g/mol. The van der Waals surface area contributed by atoms with E-state index in [1.54, 1.807) is 23.5 Å². The molecule has 2 nitrogen and oxygen atoms in total. The molecule has 0 amide bonds. The molecule has 0 aliphatic heterocycles. The number of hydrogen-bond donors (Lipinski definition) is 1. The van der Waals surface area contributed by atoms with E-state index >= 15 is 0 Å². The predicted molar refractivity (Wildman–Crippen MR) is 70.4 cm³/mol. The van der Waals surface area contributed by atoms with Crippen LogP contribution in [-0.2, 0) is 4.79 Å². The van der Waals surface area contributed by atoms with Crippen molar-refractivity contribution in [2.24, 2.45) is 0 Å². The van der Waals surface area contributed by atoms with Gasteiger partial charge in [0, 0.05) is 15.7 Å². The van der Waals surface area contributed by atoms with Gasteiger partial charge in [-0.25, -0.2) is 4.39 Å². The number of carboxylic acids is 1. The maximum absolute atomic E-state index is 12.8. The maximum atomic E-state index is 12.8. The summed E-state index contributed by atoms with van der Waals surface area (Å²) in [5, 5.41) is 8.76. The average molecular weight is 264 g/mol. The molecule has 0 aliphatic carbocycles. The van der Waals surface area contributed by atoms with Crippen molar-refractivity contribution in [1.29, 1.82) is 0 Å². The van der Waals surface area contributed by atoms with Gasteiger partial charge in [-0.05, 0) is 29.8 Å². The summed E-state index contributed by atoms with van der Waals surface area (Å²) in [6.45, 7) is 1.90. The van der Waals surface area contributed by atoms with Crippen LogP contribution in [0, 0.1) is 5.82 Å². The molecule has 0 aliphatic rings. The van der Waals surface area contributed by atoms with Gasteiger partial charge in [-0.3, -0.25) is 4.79 Å². The fraction of sp³-hybridized carbons (Fsp3) is 0.214. The van der Waals surface area contributed by atoms with E-state index in [9.17, 15) is 9.18 Å². The predicted octanol–water partition coefficient (Wildman–Crippen LogP) is 4.13. The van der Waals surface area contributed by atoms with Gasteiger partial charge in [-0.1, -0.05) is 19.1 Å². The van der Waals surface area contributed by atoms with Crippen LogP contribution < -0.4 is 0 Å². The zero-order valence-electron chi connectivity index (χ0n) is 9.89. The summed E-state index contributed by atoms with van der Waals surface area (Å²) >= 11 is 1.56. The number of carbonyl (C=O) groups is 1. The van der Waals surface area contributed by atoms with Crippen LogP contribution in [0.2, 0.25) is 0 Å². The minimum Gasteiger partial charge on any atom is -0.481 e. The number of thiophene rings is 1. The van der Waals surface area contributed by atoms with E-state index in [2.05, 4.69) is 0 Å².